The molecule has 1 rings (SSSR count). The second-order valence-electron chi connectivity index (χ2n) is 5.01. The van der Waals surface area contributed by atoms with Crippen molar-refractivity contribution >= 4 is 17.7 Å². The summed E-state index contributed by atoms with van der Waals surface area (Å²) in [6.07, 6.45) is 9.39. The molecule has 0 aromatic rings. The van der Waals surface area contributed by atoms with Crippen molar-refractivity contribution in [2.75, 3.05) is 19.3 Å². The fourth-order valence-electron chi connectivity index (χ4n) is 2.50. The standard InChI is InChI=1S/C13H26N2OS/c1-3-11(9-14)12(16)15-10-13(17-2)7-5-4-6-8-13/h11H,3-10,14H2,1-2H3,(H,15,16). The molecular weight excluding hydrogens is 232 g/mol. The van der Waals surface area contributed by atoms with E-state index in [2.05, 4.69) is 11.6 Å². The SMILES string of the molecule is CCC(CN)C(=O)NCC1(SC)CCCCC1. The Labute approximate surface area is 109 Å². The molecule has 17 heavy (non-hydrogen) atoms. The Morgan fingerprint density at radius 2 is 2.06 bits per heavy atom. The Morgan fingerprint density at radius 1 is 1.41 bits per heavy atom. The molecule has 1 saturated carbocycles. The van der Waals surface area contributed by atoms with E-state index in [1.54, 1.807) is 0 Å². The third-order valence-corrected chi connectivity index (χ3v) is 5.35. The van der Waals surface area contributed by atoms with E-state index < -0.39 is 0 Å². The molecular formula is C13H26N2OS. The fourth-order valence-corrected chi connectivity index (χ4v) is 3.41. The summed E-state index contributed by atoms with van der Waals surface area (Å²) in [7, 11) is 0. The summed E-state index contributed by atoms with van der Waals surface area (Å²) in [5.41, 5.74) is 5.59. The van der Waals surface area contributed by atoms with Crippen LogP contribution in [0.2, 0.25) is 0 Å². The van der Waals surface area contributed by atoms with Crippen molar-refractivity contribution in [2.24, 2.45) is 11.7 Å². The quantitative estimate of drug-likeness (QED) is 0.767. The first kappa shape index (κ1) is 14.8. The molecule has 0 aromatic carbocycles. The number of nitrogens with one attached hydrogen (secondary N) is 1. The maximum atomic E-state index is 11.9. The first-order valence-corrected chi connectivity index (χ1v) is 7.93. The minimum Gasteiger partial charge on any atom is -0.354 e. The van der Waals surface area contributed by atoms with Crippen LogP contribution in [0.15, 0.2) is 0 Å². The molecule has 100 valence electrons. The lowest BCUT2D eigenvalue weighted by atomic mass is 9.88. The number of amides is 1. The largest absolute Gasteiger partial charge is 0.354 e. The molecule has 3 N–H and O–H groups in total. The number of carbonyl (C=O) groups excluding carboxylic acids is 1. The molecule has 1 fully saturated rings. The number of rotatable bonds is 6. The van der Waals surface area contributed by atoms with Gasteiger partial charge in [-0.05, 0) is 25.5 Å². The van der Waals surface area contributed by atoms with Gasteiger partial charge in [-0.1, -0.05) is 26.2 Å². The van der Waals surface area contributed by atoms with Gasteiger partial charge >= 0.3 is 0 Å². The Kier molecular flexibility index (Phi) is 6.34. The van der Waals surface area contributed by atoms with Crippen LogP contribution in [0.3, 0.4) is 0 Å². The summed E-state index contributed by atoms with van der Waals surface area (Å²) in [4.78, 5) is 11.9. The average molecular weight is 258 g/mol. The average Bonchev–Trinajstić information content (AvgIpc) is 2.39. The van der Waals surface area contributed by atoms with Gasteiger partial charge in [0.1, 0.15) is 0 Å². The molecule has 0 aromatic heterocycles. The van der Waals surface area contributed by atoms with Gasteiger partial charge < -0.3 is 11.1 Å². The van der Waals surface area contributed by atoms with Gasteiger partial charge in [-0.3, -0.25) is 4.79 Å². The summed E-state index contributed by atoms with van der Waals surface area (Å²) in [6, 6.07) is 0. The highest BCUT2D eigenvalue weighted by Crippen LogP contribution is 2.37. The Bertz CT molecular complexity index is 236. The monoisotopic (exact) mass is 258 g/mol. The highest BCUT2D eigenvalue weighted by molar-refractivity contribution is 8.00. The van der Waals surface area contributed by atoms with Crippen molar-refractivity contribution in [3.63, 3.8) is 0 Å². The molecule has 1 unspecified atom stereocenters. The van der Waals surface area contributed by atoms with Gasteiger partial charge in [-0.2, -0.15) is 11.8 Å². The van der Waals surface area contributed by atoms with Gasteiger partial charge in [-0.15, -0.1) is 0 Å². The van der Waals surface area contributed by atoms with E-state index in [1.807, 2.05) is 18.7 Å². The summed E-state index contributed by atoms with van der Waals surface area (Å²) < 4.78 is 0.279. The third-order valence-electron chi connectivity index (χ3n) is 3.93. The highest BCUT2D eigenvalue weighted by atomic mass is 32.2. The molecule has 1 amide bonds. The van der Waals surface area contributed by atoms with Gasteiger partial charge in [0.25, 0.3) is 0 Å². The summed E-state index contributed by atoms with van der Waals surface area (Å²) in [5.74, 6) is 0.117. The van der Waals surface area contributed by atoms with Crippen LogP contribution in [0.1, 0.15) is 45.4 Å². The molecule has 0 spiro atoms. The Hall–Kier alpha value is -0.220. The number of hydrogen-bond acceptors (Lipinski definition) is 3. The fraction of sp³-hybridized carbons (Fsp3) is 0.923. The predicted molar refractivity (Wildman–Crippen MR) is 75.2 cm³/mol. The Morgan fingerprint density at radius 3 is 2.53 bits per heavy atom. The van der Waals surface area contributed by atoms with Gasteiger partial charge in [0.15, 0.2) is 0 Å². The molecule has 3 nitrogen and oxygen atoms in total. The van der Waals surface area contributed by atoms with Crippen LogP contribution in [0.25, 0.3) is 0 Å². The predicted octanol–water partition coefficient (Wildman–Crippen LogP) is 2.15. The van der Waals surface area contributed by atoms with Crippen molar-refractivity contribution in [1.29, 1.82) is 0 Å². The molecule has 1 aliphatic rings. The first-order valence-electron chi connectivity index (χ1n) is 6.70. The van der Waals surface area contributed by atoms with E-state index in [0.29, 0.717) is 6.54 Å². The molecule has 0 aliphatic heterocycles. The van der Waals surface area contributed by atoms with Crippen molar-refractivity contribution < 1.29 is 4.79 Å². The first-order chi connectivity index (χ1) is 8.17. The van der Waals surface area contributed by atoms with Crippen LogP contribution in [0.4, 0.5) is 0 Å². The van der Waals surface area contributed by atoms with Crippen LogP contribution >= 0.6 is 11.8 Å². The zero-order chi connectivity index (χ0) is 12.7. The van der Waals surface area contributed by atoms with Crippen molar-refractivity contribution in [3.05, 3.63) is 0 Å². The zero-order valence-electron chi connectivity index (χ0n) is 11.1. The van der Waals surface area contributed by atoms with Crippen molar-refractivity contribution in [3.8, 4) is 0 Å². The van der Waals surface area contributed by atoms with Gasteiger partial charge in [0, 0.05) is 23.8 Å². The second-order valence-corrected chi connectivity index (χ2v) is 6.28. The topological polar surface area (TPSA) is 55.1 Å². The number of carbonyl (C=O) groups is 1. The minimum absolute atomic E-state index is 0.0162. The third kappa shape index (κ3) is 4.18. The maximum absolute atomic E-state index is 11.9. The molecule has 0 saturated heterocycles. The van der Waals surface area contributed by atoms with Crippen molar-refractivity contribution in [1.82, 2.24) is 5.32 Å². The lowest BCUT2D eigenvalue weighted by Gasteiger charge is -2.36. The summed E-state index contributed by atoms with van der Waals surface area (Å²) in [5, 5.41) is 3.11. The summed E-state index contributed by atoms with van der Waals surface area (Å²) in [6.45, 7) is 3.28. The lowest BCUT2D eigenvalue weighted by molar-refractivity contribution is -0.124. The molecule has 1 aliphatic carbocycles. The van der Waals surface area contributed by atoms with Crippen LogP contribution in [0, 0.1) is 5.92 Å². The molecule has 0 radical (unpaired) electrons. The molecule has 0 heterocycles. The maximum Gasteiger partial charge on any atom is 0.224 e. The van der Waals surface area contributed by atoms with Crippen LogP contribution in [-0.4, -0.2) is 30.0 Å². The number of hydrogen-bond donors (Lipinski definition) is 2. The van der Waals surface area contributed by atoms with Crippen LogP contribution in [0.5, 0.6) is 0 Å². The van der Waals surface area contributed by atoms with E-state index >= 15 is 0 Å². The lowest BCUT2D eigenvalue weighted by Crippen LogP contribution is -2.44. The van der Waals surface area contributed by atoms with Crippen molar-refractivity contribution in [2.45, 2.75) is 50.2 Å². The Balaban J connectivity index is 2.44. The van der Waals surface area contributed by atoms with Crippen LogP contribution in [-0.2, 0) is 4.79 Å². The van der Waals surface area contributed by atoms with E-state index in [0.717, 1.165) is 13.0 Å². The van der Waals surface area contributed by atoms with E-state index in [-0.39, 0.29) is 16.6 Å². The van der Waals surface area contributed by atoms with Crippen LogP contribution < -0.4 is 11.1 Å². The van der Waals surface area contributed by atoms with Gasteiger partial charge in [0.05, 0.1) is 0 Å². The zero-order valence-corrected chi connectivity index (χ0v) is 11.9. The minimum atomic E-state index is -0.0162. The molecule has 1 atom stereocenters. The highest BCUT2D eigenvalue weighted by Gasteiger charge is 2.31. The van der Waals surface area contributed by atoms with Gasteiger partial charge in [0.2, 0.25) is 5.91 Å². The van der Waals surface area contributed by atoms with E-state index in [4.69, 9.17) is 5.73 Å². The molecule has 0 bridgehead atoms. The number of nitrogens with two attached hydrogens (primary N) is 1. The normalized spacial score (nSPS) is 20.9. The molecule has 4 heteroatoms. The van der Waals surface area contributed by atoms with E-state index in [9.17, 15) is 4.79 Å². The second kappa shape index (κ2) is 7.27. The smallest absolute Gasteiger partial charge is 0.224 e. The van der Waals surface area contributed by atoms with E-state index in [1.165, 1.54) is 32.1 Å². The number of thioether (sulfide) groups is 1. The summed E-state index contributed by atoms with van der Waals surface area (Å²) >= 11 is 1.92. The van der Waals surface area contributed by atoms with Gasteiger partial charge in [-0.25, -0.2) is 0 Å².